The molecule has 4 heterocycles. The van der Waals surface area contributed by atoms with Crippen LogP contribution in [0.1, 0.15) is 35.0 Å². The second-order valence-electron chi connectivity index (χ2n) is 7.41. The smallest absolute Gasteiger partial charge is 0.226 e. The van der Waals surface area contributed by atoms with Gasteiger partial charge in [0.05, 0.1) is 5.69 Å². The maximum Gasteiger partial charge on any atom is 0.226 e. The molecule has 0 spiro atoms. The molecule has 1 atom stereocenters. The maximum atomic E-state index is 12.7. The van der Waals surface area contributed by atoms with Crippen LogP contribution in [0.4, 0.5) is 5.82 Å². The summed E-state index contributed by atoms with van der Waals surface area (Å²) in [6, 6.07) is 11.4. The summed E-state index contributed by atoms with van der Waals surface area (Å²) in [7, 11) is 0. The molecule has 0 bridgehead atoms. The molecule has 4 aromatic rings. The summed E-state index contributed by atoms with van der Waals surface area (Å²) in [6.45, 7) is 7.88. The summed E-state index contributed by atoms with van der Waals surface area (Å²) in [5.74, 6) is 2.33. The zero-order valence-corrected chi connectivity index (χ0v) is 17.2. The van der Waals surface area contributed by atoms with Crippen molar-refractivity contribution in [3.63, 3.8) is 0 Å². The highest BCUT2D eigenvalue weighted by Gasteiger charge is 2.34. The maximum absolute atomic E-state index is 12.7. The van der Waals surface area contributed by atoms with Crippen molar-refractivity contribution in [2.75, 3.05) is 11.9 Å². The largest absolute Gasteiger partial charge is 0.489 e. The van der Waals surface area contributed by atoms with Gasteiger partial charge in [0.15, 0.2) is 17.3 Å². The lowest BCUT2D eigenvalue weighted by atomic mass is 9.85. The number of nitrogens with one attached hydrogen (secondary N) is 1. The van der Waals surface area contributed by atoms with E-state index in [1.165, 1.54) is 0 Å². The standard InChI is InChI=1S/C22H21N7O2/c1-4-11-31-17-8-6-5-7-15(17)16-12-20(30)23-22-21(16)13(2)26-29(22)19-10-9-18-25-24-14(3)28(18)27-19/h4-10,16H,1,11-12H2,2-3H3,(H,23,30)/t16-/m0/s1. The van der Waals surface area contributed by atoms with Crippen molar-refractivity contribution < 1.29 is 9.53 Å². The number of hydrogen-bond acceptors (Lipinski definition) is 6. The monoisotopic (exact) mass is 415 g/mol. The van der Waals surface area contributed by atoms with Crippen LogP contribution in [0.3, 0.4) is 0 Å². The number of carbonyl (C=O) groups is 1. The number of aryl methyl sites for hydroxylation is 2. The first-order valence-electron chi connectivity index (χ1n) is 9.98. The summed E-state index contributed by atoms with van der Waals surface area (Å²) in [5.41, 5.74) is 3.37. The lowest BCUT2D eigenvalue weighted by molar-refractivity contribution is -0.116. The molecule has 1 aliphatic heterocycles. The summed E-state index contributed by atoms with van der Waals surface area (Å²) < 4.78 is 9.19. The molecule has 1 aliphatic rings. The predicted molar refractivity (Wildman–Crippen MR) is 115 cm³/mol. The molecule has 9 nitrogen and oxygen atoms in total. The molecule has 0 saturated heterocycles. The quantitative estimate of drug-likeness (QED) is 0.503. The van der Waals surface area contributed by atoms with Gasteiger partial charge in [0.2, 0.25) is 5.91 Å². The molecule has 1 N–H and O–H groups in total. The van der Waals surface area contributed by atoms with Crippen LogP contribution >= 0.6 is 0 Å². The Bertz CT molecular complexity index is 1320. The molecule has 0 fully saturated rings. The van der Waals surface area contributed by atoms with E-state index in [2.05, 4.69) is 27.2 Å². The van der Waals surface area contributed by atoms with Gasteiger partial charge in [-0.05, 0) is 32.0 Å². The fourth-order valence-electron chi connectivity index (χ4n) is 4.03. The Balaban J connectivity index is 1.65. The van der Waals surface area contributed by atoms with Gasteiger partial charge >= 0.3 is 0 Å². The van der Waals surface area contributed by atoms with Crippen molar-refractivity contribution in [2.24, 2.45) is 0 Å². The molecule has 0 radical (unpaired) electrons. The summed E-state index contributed by atoms with van der Waals surface area (Å²) in [4.78, 5) is 12.7. The first-order chi connectivity index (χ1) is 15.1. The molecule has 3 aromatic heterocycles. The summed E-state index contributed by atoms with van der Waals surface area (Å²) in [5, 5.41) is 20.4. The van der Waals surface area contributed by atoms with Crippen LogP contribution in [0, 0.1) is 13.8 Å². The highest BCUT2D eigenvalue weighted by Crippen LogP contribution is 2.42. The van der Waals surface area contributed by atoms with Gasteiger partial charge in [0.1, 0.15) is 18.2 Å². The molecule has 1 amide bonds. The Morgan fingerprint density at radius 3 is 2.87 bits per heavy atom. The Kier molecular flexibility index (Phi) is 4.50. The van der Waals surface area contributed by atoms with Crippen LogP contribution in [-0.4, -0.2) is 42.1 Å². The van der Waals surface area contributed by atoms with Gasteiger partial charge in [-0.15, -0.1) is 15.3 Å². The van der Waals surface area contributed by atoms with Crippen molar-refractivity contribution in [2.45, 2.75) is 26.2 Å². The van der Waals surface area contributed by atoms with Crippen LogP contribution in [-0.2, 0) is 4.79 Å². The Morgan fingerprint density at radius 1 is 1.19 bits per heavy atom. The van der Waals surface area contributed by atoms with Crippen LogP contribution in [0.5, 0.6) is 5.75 Å². The number of carbonyl (C=O) groups excluding carboxylic acids is 1. The number of nitrogens with zero attached hydrogens (tertiary/aromatic N) is 6. The molecule has 0 aliphatic carbocycles. The van der Waals surface area contributed by atoms with E-state index in [4.69, 9.17) is 9.84 Å². The first-order valence-corrected chi connectivity index (χ1v) is 9.98. The Hall–Kier alpha value is -4.01. The predicted octanol–water partition coefficient (Wildman–Crippen LogP) is 2.97. The molecule has 0 unspecified atom stereocenters. The van der Waals surface area contributed by atoms with E-state index in [0.717, 1.165) is 22.6 Å². The number of benzene rings is 1. The van der Waals surface area contributed by atoms with Crippen LogP contribution in [0.2, 0.25) is 0 Å². The van der Waals surface area contributed by atoms with E-state index in [1.54, 1.807) is 15.3 Å². The molecular weight excluding hydrogens is 394 g/mol. The number of ether oxygens (including phenoxy) is 1. The number of aromatic nitrogens is 6. The third-order valence-corrected chi connectivity index (χ3v) is 5.38. The SMILES string of the molecule is C=CCOc1ccccc1[C@@H]1CC(=O)Nc2c1c(C)nn2-c1ccc2nnc(C)n2n1. The zero-order valence-electron chi connectivity index (χ0n) is 17.2. The zero-order chi connectivity index (χ0) is 21.5. The lowest BCUT2D eigenvalue weighted by Gasteiger charge is -2.25. The van der Waals surface area contributed by atoms with Gasteiger partial charge < -0.3 is 10.1 Å². The average molecular weight is 415 g/mol. The van der Waals surface area contributed by atoms with Gasteiger partial charge in [-0.1, -0.05) is 30.9 Å². The van der Waals surface area contributed by atoms with Crippen LogP contribution < -0.4 is 10.1 Å². The van der Waals surface area contributed by atoms with Gasteiger partial charge in [0.25, 0.3) is 0 Å². The fraction of sp³-hybridized carbons (Fsp3) is 0.227. The number of para-hydroxylation sites is 1. The van der Waals surface area contributed by atoms with E-state index in [1.807, 2.05) is 50.2 Å². The molecule has 5 rings (SSSR count). The molecular formula is C22H21N7O2. The number of anilines is 1. The fourth-order valence-corrected chi connectivity index (χ4v) is 4.03. The van der Waals surface area contributed by atoms with Crippen LogP contribution in [0.25, 0.3) is 11.5 Å². The van der Waals surface area contributed by atoms with Gasteiger partial charge in [-0.3, -0.25) is 4.79 Å². The van der Waals surface area contributed by atoms with Gasteiger partial charge in [-0.2, -0.15) is 14.3 Å². The number of rotatable bonds is 5. The van der Waals surface area contributed by atoms with Crippen molar-refractivity contribution >= 4 is 17.4 Å². The van der Waals surface area contributed by atoms with Crippen molar-refractivity contribution in [1.29, 1.82) is 0 Å². The lowest BCUT2D eigenvalue weighted by Crippen LogP contribution is -2.25. The minimum atomic E-state index is -0.182. The van der Waals surface area contributed by atoms with Gasteiger partial charge in [-0.25, -0.2) is 0 Å². The van der Waals surface area contributed by atoms with Crippen LogP contribution in [0.15, 0.2) is 49.1 Å². The van der Waals surface area contributed by atoms with Crippen molar-refractivity contribution in [3.05, 3.63) is 71.7 Å². The average Bonchev–Trinajstić information content (AvgIpc) is 3.31. The van der Waals surface area contributed by atoms with E-state index in [0.29, 0.717) is 36.1 Å². The minimum Gasteiger partial charge on any atom is -0.489 e. The number of hydrogen-bond donors (Lipinski definition) is 1. The molecule has 156 valence electrons. The molecule has 9 heteroatoms. The number of amides is 1. The Morgan fingerprint density at radius 2 is 2.03 bits per heavy atom. The third kappa shape index (κ3) is 3.14. The van der Waals surface area contributed by atoms with Gasteiger partial charge in [0, 0.05) is 23.5 Å². The normalized spacial score (nSPS) is 15.5. The minimum absolute atomic E-state index is 0.0845. The van der Waals surface area contributed by atoms with E-state index < -0.39 is 0 Å². The van der Waals surface area contributed by atoms with E-state index in [-0.39, 0.29) is 11.8 Å². The van der Waals surface area contributed by atoms with E-state index >= 15 is 0 Å². The third-order valence-electron chi connectivity index (χ3n) is 5.38. The number of fused-ring (bicyclic) bond motifs is 2. The summed E-state index contributed by atoms with van der Waals surface area (Å²) in [6.07, 6.45) is 2.01. The molecule has 31 heavy (non-hydrogen) atoms. The second kappa shape index (κ2) is 7.35. The second-order valence-corrected chi connectivity index (χ2v) is 7.41. The molecule has 0 saturated carbocycles. The highest BCUT2D eigenvalue weighted by molar-refractivity contribution is 5.95. The Labute approximate surface area is 178 Å². The highest BCUT2D eigenvalue weighted by atomic mass is 16.5. The van der Waals surface area contributed by atoms with Crippen molar-refractivity contribution in [3.8, 4) is 11.6 Å². The first kappa shape index (κ1) is 19.0. The topological polar surface area (TPSA) is 99.2 Å². The van der Waals surface area contributed by atoms with Crippen molar-refractivity contribution in [1.82, 2.24) is 29.6 Å². The summed E-state index contributed by atoms with van der Waals surface area (Å²) >= 11 is 0. The molecule has 1 aromatic carbocycles. The van der Waals surface area contributed by atoms with E-state index in [9.17, 15) is 4.79 Å².